The fraction of sp³-hybridized carbons (Fsp3) is 0.636. The summed E-state index contributed by atoms with van der Waals surface area (Å²) in [6, 6.07) is 0. The van der Waals surface area contributed by atoms with Gasteiger partial charge in [0.2, 0.25) is 5.91 Å². The van der Waals surface area contributed by atoms with Crippen molar-refractivity contribution in [2.24, 2.45) is 5.92 Å². The van der Waals surface area contributed by atoms with Crippen LogP contribution in [0.25, 0.3) is 0 Å². The van der Waals surface area contributed by atoms with Crippen LogP contribution in [-0.2, 0) is 9.59 Å². The van der Waals surface area contributed by atoms with E-state index in [2.05, 4.69) is 11.9 Å². The van der Waals surface area contributed by atoms with Crippen LogP contribution in [0, 0.1) is 5.92 Å². The lowest BCUT2D eigenvalue weighted by molar-refractivity contribution is -0.136. The second-order valence-corrected chi connectivity index (χ2v) is 4.02. The van der Waals surface area contributed by atoms with E-state index < -0.39 is 5.97 Å². The highest BCUT2D eigenvalue weighted by Gasteiger charge is 2.21. The lowest BCUT2D eigenvalue weighted by atomic mass is 9.98. The van der Waals surface area contributed by atoms with Crippen LogP contribution < -0.4 is 5.32 Å². The Kier molecular flexibility index (Phi) is 4.98. The monoisotopic (exact) mass is 226 g/mol. The third kappa shape index (κ3) is 4.02. The highest BCUT2D eigenvalue weighted by Crippen LogP contribution is 2.15. The fourth-order valence-electron chi connectivity index (χ4n) is 1.94. The standard InChI is InChI=1S/C11H18N2O3/c1-2-10(14)13-5-3-4-9(8-13)6-12-7-11(15)16/h2,9,12H,1,3-8H2,(H,15,16). The molecule has 0 spiro atoms. The smallest absolute Gasteiger partial charge is 0.317 e. The number of hydrogen-bond donors (Lipinski definition) is 2. The number of piperidine rings is 1. The molecule has 1 unspecified atom stereocenters. The van der Waals surface area contributed by atoms with Crippen LogP contribution in [0.1, 0.15) is 12.8 Å². The second kappa shape index (κ2) is 6.27. The molecule has 1 rings (SSSR count). The molecule has 0 aromatic rings. The second-order valence-electron chi connectivity index (χ2n) is 4.02. The van der Waals surface area contributed by atoms with Gasteiger partial charge in [-0.15, -0.1) is 0 Å². The van der Waals surface area contributed by atoms with Crippen LogP contribution in [0.2, 0.25) is 0 Å². The van der Waals surface area contributed by atoms with Crippen molar-refractivity contribution >= 4 is 11.9 Å². The SMILES string of the molecule is C=CC(=O)N1CCCC(CNCC(=O)O)C1. The van der Waals surface area contributed by atoms with Gasteiger partial charge in [0, 0.05) is 19.6 Å². The summed E-state index contributed by atoms with van der Waals surface area (Å²) in [5.74, 6) is -0.547. The first-order valence-corrected chi connectivity index (χ1v) is 5.47. The molecule has 0 aliphatic carbocycles. The molecule has 0 aromatic heterocycles. The van der Waals surface area contributed by atoms with Gasteiger partial charge < -0.3 is 15.3 Å². The zero-order valence-corrected chi connectivity index (χ0v) is 9.32. The first kappa shape index (κ1) is 12.7. The first-order chi connectivity index (χ1) is 7.63. The summed E-state index contributed by atoms with van der Waals surface area (Å²) < 4.78 is 0. The number of likely N-dealkylation sites (tertiary alicyclic amines) is 1. The first-order valence-electron chi connectivity index (χ1n) is 5.47. The Morgan fingerprint density at radius 3 is 2.94 bits per heavy atom. The number of carboxylic acids is 1. The minimum atomic E-state index is -0.852. The summed E-state index contributed by atoms with van der Waals surface area (Å²) in [7, 11) is 0. The van der Waals surface area contributed by atoms with Gasteiger partial charge in [-0.3, -0.25) is 9.59 Å². The number of nitrogens with one attached hydrogen (secondary N) is 1. The fourth-order valence-corrected chi connectivity index (χ4v) is 1.94. The van der Waals surface area contributed by atoms with Gasteiger partial charge in [0.1, 0.15) is 0 Å². The Hall–Kier alpha value is -1.36. The van der Waals surface area contributed by atoms with Crippen molar-refractivity contribution in [2.75, 3.05) is 26.2 Å². The quantitative estimate of drug-likeness (QED) is 0.652. The molecule has 0 radical (unpaired) electrons. The zero-order valence-electron chi connectivity index (χ0n) is 9.32. The summed E-state index contributed by atoms with van der Waals surface area (Å²) >= 11 is 0. The molecule has 1 heterocycles. The molecule has 1 aliphatic rings. The summed E-state index contributed by atoms with van der Waals surface area (Å²) in [5, 5.41) is 11.3. The largest absolute Gasteiger partial charge is 0.480 e. The van der Waals surface area contributed by atoms with Crippen molar-refractivity contribution in [1.29, 1.82) is 0 Å². The minimum absolute atomic E-state index is 0.0219. The van der Waals surface area contributed by atoms with E-state index in [1.165, 1.54) is 6.08 Å². The average Bonchev–Trinajstić information content (AvgIpc) is 2.28. The van der Waals surface area contributed by atoms with E-state index >= 15 is 0 Å². The molecular formula is C11H18N2O3. The molecule has 5 heteroatoms. The Morgan fingerprint density at radius 1 is 1.56 bits per heavy atom. The van der Waals surface area contributed by atoms with E-state index in [9.17, 15) is 9.59 Å². The van der Waals surface area contributed by atoms with Crippen LogP contribution in [-0.4, -0.2) is 48.1 Å². The lowest BCUT2D eigenvalue weighted by Crippen LogP contribution is -2.42. The number of amides is 1. The van der Waals surface area contributed by atoms with E-state index in [4.69, 9.17) is 5.11 Å². The van der Waals surface area contributed by atoms with Crippen LogP contribution in [0.3, 0.4) is 0 Å². The number of carbonyl (C=O) groups is 2. The molecule has 1 amide bonds. The Labute approximate surface area is 95.1 Å². The maximum Gasteiger partial charge on any atom is 0.317 e. The Morgan fingerprint density at radius 2 is 2.31 bits per heavy atom. The molecule has 2 N–H and O–H groups in total. The van der Waals surface area contributed by atoms with E-state index in [1.54, 1.807) is 4.90 Å². The van der Waals surface area contributed by atoms with E-state index in [-0.39, 0.29) is 12.5 Å². The van der Waals surface area contributed by atoms with Crippen LogP contribution in [0.5, 0.6) is 0 Å². The van der Waals surface area contributed by atoms with Crippen molar-refractivity contribution in [3.8, 4) is 0 Å². The number of hydrogen-bond acceptors (Lipinski definition) is 3. The van der Waals surface area contributed by atoms with E-state index in [1.807, 2.05) is 0 Å². The third-order valence-electron chi connectivity index (χ3n) is 2.71. The summed E-state index contributed by atoms with van der Waals surface area (Å²) in [4.78, 5) is 23.5. The van der Waals surface area contributed by atoms with Gasteiger partial charge in [-0.1, -0.05) is 6.58 Å². The number of rotatable bonds is 5. The highest BCUT2D eigenvalue weighted by molar-refractivity contribution is 5.87. The van der Waals surface area contributed by atoms with E-state index in [0.717, 1.165) is 19.4 Å². The maximum absolute atomic E-state index is 11.4. The third-order valence-corrected chi connectivity index (χ3v) is 2.71. The molecule has 1 atom stereocenters. The topological polar surface area (TPSA) is 69.6 Å². The molecule has 0 aromatic carbocycles. The van der Waals surface area contributed by atoms with Crippen molar-refractivity contribution in [1.82, 2.24) is 10.2 Å². The predicted molar refractivity (Wildman–Crippen MR) is 60.0 cm³/mol. The molecule has 90 valence electrons. The number of carbonyl (C=O) groups excluding carboxylic acids is 1. The van der Waals surface area contributed by atoms with Crippen molar-refractivity contribution < 1.29 is 14.7 Å². The summed E-state index contributed by atoms with van der Waals surface area (Å²) in [6.07, 6.45) is 3.33. The number of aliphatic carboxylic acids is 1. The van der Waals surface area contributed by atoms with Crippen LogP contribution >= 0.6 is 0 Å². The normalized spacial score (nSPS) is 20.5. The van der Waals surface area contributed by atoms with Gasteiger partial charge in [0.25, 0.3) is 0 Å². The van der Waals surface area contributed by atoms with Crippen LogP contribution in [0.15, 0.2) is 12.7 Å². The number of carboxylic acid groups (broad SMARTS) is 1. The molecular weight excluding hydrogens is 208 g/mol. The highest BCUT2D eigenvalue weighted by atomic mass is 16.4. The zero-order chi connectivity index (χ0) is 12.0. The van der Waals surface area contributed by atoms with E-state index in [0.29, 0.717) is 19.0 Å². The molecule has 16 heavy (non-hydrogen) atoms. The van der Waals surface area contributed by atoms with Gasteiger partial charge in [-0.25, -0.2) is 0 Å². The molecule has 0 saturated carbocycles. The molecule has 1 saturated heterocycles. The number of nitrogens with zero attached hydrogens (tertiary/aromatic N) is 1. The summed E-state index contributed by atoms with van der Waals surface area (Å²) in [6.45, 7) is 5.56. The molecule has 1 fully saturated rings. The van der Waals surface area contributed by atoms with Gasteiger partial charge in [-0.2, -0.15) is 0 Å². The summed E-state index contributed by atoms with van der Waals surface area (Å²) in [5.41, 5.74) is 0. The average molecular weight is 226 g/mol. The maximum atomic E-state index is 11.4. The molecule has 5 nitrogen and oxygen atoms in total. The van der Waals surface area contributed by atoms with Gasteiger partial charge >= 0.3 is 5.97 Å². The van der Waals surface area contributed by atoms with Crippen LogP contribution in [0.4, 0.5) is 0 Å². The van der Waals surface area contributed by atoms with Crippen molar-refractivity contribution in [3.63, 3.8) is 0 Å². The predicted octanol–water partition coefficient (Wildman–Crippen LogP) is 0.0852. The molecule has 1 aliphatic heterocycles. The van der Waals surface area contributed by atoms with Crippen molar-refractivity contribution in [2.45, 2.75) is 12.8 Å². The van der Waals surface area contributed by atoms with Gasteiger partial charge in [-0.05, 0) is 24.8 Å². The van der Waals surface area contributed by atoms with Gasteiger partial charge in [0.05, 0.1) is 6.54 Å². The minimum Gasteiger partial charge on any atom is -0.480 e. The Balaban J connectivity index is 2.30. The Bertz CT molecular complexity index is 278. The molecule has 0 bridgehead atoms. The lowest BCUT2D eigenvalue weighted by Gasteiger charge is -2.32. The van der Waals surface area contributed by atoms with Gasteiger partial charge in [0.15, 0.2) is 0 Å². The van der Waals surface area contributed by atoms with Crippen molar-refractivity contribution in [3.05, 3.63) is 12.7 Å².